The van der Waals surface area contributed by atoms with E-state index in [9.17, 15) is 27.6 Å². The Hall–Kier alpha value is -2.78. The first-order valence-corrected chi connectivity index (χ1v) is 10.5. The summed E-state index contributed by atoms with van der Waals surface area (Å²) in [7, 11) is 0. The molecule has 1 heterocycles. The Balaban J connectivity index is 2.25. The van der Waals surface area contributed by atoms with Crippen molar-refractivity contribution in [2.45, 2.75) is 65.1 Å². The lowest BCUT2D eigenvalue weighted by Crippen LogP contribution is -2.49. The summed E-state index contributed by atoms with van der Waals surface area (Å²) >= 11 is 0. The maximum atomic E-state index is 14.2. The van der Waals surface area contributed by atoms with Crippen LogP contribution in [-0.2, 0) is 20.7 Å². The molecule has 0 aromatic heterocycles. The molecule has 7 nitrogen and oxygen atoms in total. The average molecular weight is 457 g/mol. The van der Waals surface area contributed by atoms with Crippen molar-refractivity contribution < 1.29 is 32.3 Å². The largest absolute Gasteiger partial charge is 0.444 e. The maximum Gasteiger partial charge on any atom is 0.407 e. The van der Waals surface area contributed by atoms with Gasteiger partial charge in [0.2, 0.25) is 11.8 Å². The number of halogens is 3. The van der Waals surface area contributed by atoms with Crippen LogP contribution in [0.2, 0.25) is 0 Å². The number of ether oxygens (including phenoxy) is 1. The van der Waals surface area contributed by atoms with Crippen molar-refractivity contribution in [3.05, 3.63) is 35.1 Å². The Labute approximate surface area is 185 Å². The summed E-state index contributed by atoms with van der Waals surface area (Å²) in [5.74, 6) is -4.30. The van der Waals surface area contributed by atoms with Gasteiger partial charge < -0.3 is 20.3 Å². The number of benzene rings is 1. The van der Waals surface area contributed by atoms with Gasteiger partial charge in [-0.05, 0) is 51.7 Å². The summed E-state index contributed by atoms with van der Waals surface area (Å²) in [6.07, 6.45) is -1.41. The third-order valence-corrected chi connectivity index (χ3v) is 5.00. The van der Waals surface area contributed by atoms with E-state index in [-0.39, 0.29) is 30.2 Å². The highest BCUT2D eigenvalue weighted by atomic mass is 19.2. The lowest BCUT2D eigenvalue weighted by molar-refractivity contribution is -0.139. The zero-order valence-corrected chi connectivity index (χ0v) is 18.9. The van der Waals surface area contributed by atoms with Crippen LogP contribution in [0, 0.1) is 23.4 Å². The van der Waals surface area contributed by atoms with E-state index in [1.807, 2.05) is 6.92 Å². The van der Waals surface area contributed by atoms with Gasteiger partial charge in [-0.2, -0.15) is 0 Å². The number of carbonyl (C=O) groups is 3. The summed E-state index contributed by atoms with van der Waals surface area (Å²) in [5, 5.41) is 5.26. The first-order valence-electron chi connectivity index (χ1n) is 10.5. The second-order valence-electron chi connectivity index (χ2n) is 9.18. The predicted molar refractivity (Wildman–Crippen MR) is 111 cm³/mol. The number of nitrogens with one attached hydrogen (secondary N) is 2. The second-order valence-corrected chi connectivity index (χ2v) is 9.18. The third-order valence-electron chi connectivity index (χ3n) is 5.00. The quantitative estimate of drug-likeness (QED) is 0.666. The van der Waals surface area contributed by atoms with Crippen LogP contribution in [0.5, 0.6) is 0 Å². The van der Waals surface area contributed by atoms with Gasteiger partial charge in [-0.15, -0.1) is 0 Å². The molecular weight excluding hydrogens is 427 g/mol. The Morgan fingerprint density at radius 1 is 1.19 bits per heavy atom. The van der Waals surface area contributed by atoms with Crippen molar-refractivity contribution in [3.63, 3.8) is 0 Å². The monoisotopic (exact) mass is 457 g/mol. The molecular formula is C22H30F3N3O4. The fourth-order valence-electron chi connectivity index (χ4n) is 3.40. The molecule has 2 rings (SSSR count). The summed E-state index contributed by atoms with van der Waals surface area (Å²) in [5.41, 5.74) is -1.02. The zero-order chi connectivity index (χ0) is 24.2. The van der Waals surface area contributed by atoms with Crippen molar-refractivity contribution >= 4 is 17.9 Å². The lowest BCUT2D eigenvalue weighted by atomic mass is 10.0. The lowest BCUT2D eigenvalue weighted by Gasteiger charge is -2.29. The van der Waals surface area contributed by atoms with Gasteiger partial charge in [-0.3, -0.25) is 9.59 Å². The smallest absolute Gasteiger partial charge is 0.407 e. The highest BCUT2D eigenvalue weighted by Gasteiger charge is 2.32. The van der Waals surface area contributed by atoms with Gasteiger partial charge in [0, 0.05) is 31.6 Å². The predicted octanol–water partition coefficient (Wildman–Crippen LogP) is 2.91. The van der Waals surface area contributed by atoms with Gasteiger partial charge in [-0.1, -0.05) is 6.92 Å². The van der Waals surface area contributed by atoms with E-state index in [2.05, 4.69) is 10.6 Å². The standard InChI is InChI=1S/C22H30F3N3O4/c1-12-10-26-20(30)13(2)28(11-12)19(29)8-15(27-21(31)32-22(3,4)5)6-14-7-17(24)18(25)9-16(14)23/h7,9,12-13,15H,6,8,10-11H2,1-5H3,(H,26,30)(H,27,31)/t12-,13?,15-/m1/s1. The molecule has 1 aliphatic rings. The molecule has 0 radical (unpaired) electrons. The molecule has 0 aliphatic carbocycles. The molecule has 178 valence electrons. The summed E-state index contributed by atoms with van der Waals surface area (Å²) in [6, 6.07) is -0.594. The van der Waals surface area contributed by atoms with E-state index in [1.54, 1.807) is 27.7 Å². The van der Waals surface area contributed by atoms with Crippen LogP contribution in [0.1, 0.15) is 46.6 Å². The molecule has 1 aromatic carbocycles. The molecule has 1 unspecified atom stereocenters. The molecule has 1 saturated heterocycles. The van der Waals surface area contributed by atoms with Gasteiger partial charge in [0.25, 0.3) is 0 Å². The van der Waals surface area contributed by atoms with Crippen molar-refractivity contribution in [2.24, 2.45) is 5.92 Å². The average Bonchev–Trinajstić information content (AvgIpc) is 2.77. The first kappa shape index (κ1) is 25.5. The van der Waals surface area contributed by atoms with Crippen LogP contribution in [0.15, 0.2) is 12.1 Å². The van der Waals surface area contributed by atoms with Gasteiger partial charge >= 0.3 is 6.09 Å². The van der Waals surface area contributed by atoms with Crippen LogP contribution < -0.4 is 10.6 Å². The minimum atomic E-state index is -1.34. The molecule has 1 aliphatic heterocycles. The molecule has 0 bridgehead atoms. The highest BCUT2D eigenvalue weighted by Crippen LogP contribution is 2.19. The van der Waals surface area contributed by atoms with Crippen LogP contribution >= 0.6 is 0 Å². The summed E-state index contributed by atoms with van der Waals surface area (Å²) in [6.45, 7) is 9.17. The molecule has 1 aromatic rings. The molecule has 2 N–H and O–H groups in total. The van der Waals surface area contributed by atoms with Gasteiger partial charge in [-0.25, -0.2) is 18.0 Å². The highest BCUT2D eigenvalue weighted by molar-refractivity contribution is 5.88. The number of nitrogens with zero attached hydrogens (tertiary/aromatic N) is 1. The molecule has 1 fully saturated rings. The zero-order valence-electron chi connectivity index (χ0n) is 18.9. The number of amides is 3. The third kappa shape index (κ3) is 7.13. The van der Waals surface area contributed by atoms with Gasteiger partial charge in [0.15, 0.2) is 11.6 Å². The molecule has 3 atom stereocenters. The topological polar surface area (TPSA) is 87.7 Å². The second kappa shape index (κ2) is 10.2. The molecule has 10 heteroatoms. The normalized spacial score (nSPS) is 20.2. The minimum absolute atomic E-state index is 0.00811. The maximum absolute atomic E-state index is 14.2. The minimum Gasteiger partial charge on any atom is -0.444 e. The molecule has 0 saturated carbocycles. The van der Waals surface area contributed by atoms with E-state index >= 15 is 0 Å². The van der Waals surface area contributed by atoms with Crippen molar-refractivity contribution in [1.29, 1.82) is 0 Å². The first-order chi connectivity index (χ1) is 14.8. The molecule has 3 amide bonds. The van der Waals surface area contributed by atoms with E-state index in [4.69, 9.17) is 4.74 Å². The van der Waals surface area contributed by atoms with Crippen molar-refractivity contribution in [3.8, 4) is 0 Å². The van der Waals surface area contributed by atoms with E-state index in [0.717, 1.165) is 0 Å². The fourth-order valence-corrected chi connectivity index (χ4v) is 3.40. The summed E-state index contributed by atoms with van der Waals surface area (Å²) < 4.78 is 46.4. The summed E-state index contributed by atoms with van der Waals surface area (Å²) in [4.78, 5) is 38.9. The SMILES string of the molecule is CC1C(=O)NC[C@@H](C)CN1C(=O)C[C@@H](Cc1cc(F)c(F)cc1F)NC(=O)OC(C)(C)C. The number of hydrogen-bond donors (Lipinski definition) is 2. The Morgan fingerprint density at radius 2 is 1.81 bits per heavy atom. The van der Waals surface area contributed by atoms with Gasteiger partial charge in [0.05, 0.1) is 0 Å². The Morgan fingerprint density at radius 3 is 2.44 bits per heavy atom. The van der Waals surface area contributed by atoms with Crippen molar-refractivity contribution in [2.75, 3.05) is 13.1 Å². The van der Waals surface area contributed by atoms with Crippen LogP contribution in [0.3, 0.4) is 0 Å². The van der Waals surface area contributed by atoms with Crippen LogP contribution in [0.4, 0.5) is 18.0 Å². The molecule has 32 heavy (non-hydrogen) atoms. The van der Waals surface area contributed by atoms with E-state index < -0.39 is 47.1 Å². The molecule has 0 spiro atoms. The fraction of sp³-hybridized carbons (Fsp3) is 0.591. The van der Waals surface area contributed by atoms with Crippen molar-refractivity contribution in [1.82, 2.24) is 15.5 Å². The van der Waals surface area contributed by atoms with Crippen LogP contribution in [0.25, 0.3) is 0 Å². The Kier molecular flexibility index (Phi) is 8.14. The van der Waals surface area contributed by atoms with Gasteiger partial charge in [0.1, 0.15) is 17.5 Å². The Bertz CT molecular complexity index is 873. The number of alkyl carbamates (subject to hydrolysis) is 1. The number of rotatable bonds is 5. The number of carbonyl (C=O) groups excluding carboxylic acids is 3. The van der Waals surface area contributed by atoms with E-state index in [1.165, 1.54) is 4.90 Å². The van der Waals surface area contributed by atoms with Crippen LogP contribution in [-0.4, -0.2) is 53.6 Å². The number of hydrogen-bond acceptors (Lipinski definition) is 4. The van der Waals surface area contributed by atoms with E-state index in [0.29, 0.717) is 25.2 Å².